The van der Waals surface area contributed by atoms with Crippen LogP contribution < -0.4 is 10.2 Å². The quantitative estimate of drug-likeness (QED) is 0.552. The third kappa shape index (κ3) is 5.73. The summed E-state index contributed by atoms with van der Waals surface area (Å²) in [5, 5.41) is 19.2. The van der Waals surface area contributed by atoms with Crippen molar-refractivity contribution in [1.29, 1.82) is 0 Å². The number of anilines is 1. The molecule has 0 unspecified atom stereocenters. The summed E-state index contributed by atoms with van der Waals surface area (Å²) in [5.74, 6) is 0.321. The van der Waals surface area contributed by atoms with Crippen LogP contribution in [0, 0.1) is 0 Å². The number of halogens is 3. The van der Waals surface area contributed by atoms with Gasteiger partial charge in [0.2, 0.25) is 0 Å². The van der Waals surface area contributed by atoms with Gasteiger partial charge >= 0.3 is 6.18 Å². The van der Waals surface area contributed by atoms with Crippen molar-refractivity contribution in [3.05, 3.63) is 59.1 Å². The van der Waals surface area contributed by atoms with Crippen molar-refractivity contribution < 1.29 is 23.1 Å². The van der Waals surface area contributed by atoms with Crippen LogP contribution in [0.15, 0.2) is 42.3 Å². The van der Waals surface area contributed by atoms with Gasteiger partial charge in [0.05, 0.1) is 24.1 Å². The minimum absolute atomic E-state index is 0.0690. The zero-order valence-corrected chi connectivity index (χ0v) is 19.6. The summed E-state index contributed by atoms with van der Waals surface area (Å²) in [5.41, 5.74) is 2.69. The van der Waals surface area contributed by atoms with Crippen LogP contribution in [0.1, 0.15) is 37.1 Å². The highest BCUT2D eigenvalue weighted by molar-refractivity contribution is 6.00. The van der Waals surface area contributed by atoms with E-state index in [1.807, 2.05) is 24.0 Å². The number of alkyl halides is 3. The predicted octanol–water partition coefficient (Wildman–Crippen LogP) is 2.74. The molecule has 1 aliphatic carbocycles. The molecule has 1 fully saturated rings. The van der Waals surface area contributed by atoms with Crippen molar-refractivity contribution in [1.82, 2.24) is 25.4 Å². The lowest BCUT2D eigenvalue weighted by Crippen LogP contribution is -2.51. The first-order chi connectivity index (χ1) is 16.7. The average molecular weight is 491 g/mol. The highest BCUT2D eigenvalue weighted by atomic mass is 19.4. The Bertz CT molecular complexity index is 1110. The van der Waals surface area contributed by atoms with E-state index in [2.05, 4.69) is 25.4 Å². The molecule has 1 amide bonds. The maximum absolute atomic E-state index is 12.8. The van der Waals surface area contributed by atoms with Gasteiger partial charge in [-0.25, -0.2) is 4.98 Å². The number of aromatic amines is 1. The van der Waals surface area contributed by atoms with E-state index in [1.54, 1.807) is 13.1 Å². The molecule has 1 saturated heterocycles. The SMILES string of the molecule is C[C@@H]1CN(Cc2cn[nH]c2C2=CC(C(=O)N[C@@H](C)CO)=CC2)CCN1c1ccc(C(F)(F)F)cn1. The standard InChI is InChI=1S/C24H29F3N6O2/c1-15(14-34)30-23(35)18-4-3-17(9-18)22-19(10-29-31-22)13-32-7-8-33(16(2)12-32)21-6-5-20(11-28-21)24(25,26)27/h4-6,9-11,15-16,34H,3,7-8,12-14H2,1-2H3,(H,29,31)(H,30,35)/t15-,16+/m0/s1. The first-order valence-corrected chi connectivity index (χ1v) is 11.5. The molecule has 0 bridgehead atoms. The summed E-state index contributed by atoms with van der Waals surface area (Å²) in [6.45, 7) is 6.39. The summed E-state index contributed by atoms with van der Waals surface area (Å²) in [6, 6.07) is 2.25. The molecule has 8 nitrogen and oxygen atoms in total. The number of carbonyl (C=O) groups excluding carboxylic acids is 1. The topological polar surface area (TPSA) is 97.4 Å². The van der Waals surface area contributed by atoms with Gasteiger partial charge < -0.3 is 15.3 Å². The number of rotatable bonds is 7. The van der Waals surface area contributed by atoms with Crippen molar-refractivity contribution >= 4 is 17.3 Å². The average Bonchev–Trinajstić information content (AvgIpc) is 3.48. The van der Waals surface area contributed by atoms with Gasteiger partial charge in [0.1, 0.15) is 5.82 Å². The maximum atomic E-state index is 12.8. The number of hydrogen-bond donors (Lipinski definition) is 3. The summed E-state index contributed by atoms with van der Waals surface area (Å²) in [4.78, 5) is 20.7. The summed E-state index contributed by atoms with van der Waals surface area (Å²) in [7, 11) is 0. The van der Waals surface area contributed by atoms with Crippen LogP contribution >= 0.6 is 0 Å². The molecule has 0 aromatic carbocycles. The Morgan fingerprint density at radius 3 is 2.77 bits per heavy atom. The molecule has 3 heterocycles. The predicted molar refractivity (Wildman–Crippen MR) is 125 cm³/mol. The summed E-state index contributed by atoms with van der Waals surface area (Å²) in [6.07, 6.45) is 2.58. The Morgan fingerprint density at radius 2 is 2.11 bits per heavy atom. The van der Waals surface area contributed by atoms with E-state index in [0.29, 0.717) is 30.9 Å². The van der Waals surface area contributed by atoms with E-state index in [0.717, 1.165) is 42.2 Å². The number of nitrogens with zero attached hydrogens (tertiary/aromatic N) is 4. The number of amides is 1. The van der Waals surface area contributed by atoms with Crippen LogP contribution in [0.3, 0.4) is 0 Å². The zero-order chi connectivity index (χ0) is 25.2. The minimum atomic E-state index is -4.40. The Balaban J connectivity index is 1.37. The molecule has 35 heavy (non-hydrogen) atoms. The monoisotopic (exact) mass is 490 g/mol. The number of piperazine rings is 1. The lowest BCUT2D eigenvalue weighted by atomic mass is 10.1. The Labute approximate surface area is 201 Å². The van der Waals surface area contributed by atoms with Crippen LogP contribution in [0.4, 0.5) is 19.0 Å². The van der Waals surface area contributed by atoms with Gasteiger partial charge in [0.25, 0.3) is 5.91 Å². The van der Waals surface area contributed by atoms with Gasteiger partial charge in [-0.1, -0.05) is 6.08 Å². The largest absolute Gasteiger partial charge is 0.417 e. The maximum Gasteiger partial charge on any atom is 0.417 e. The number of pyridine rings is 1. The van der Waals surface area contributed by atoms with Gasteiger partial charge in [-0.2, -0.15) is 18.3 Å². The van der Waals surface area contributed by atoms with Crippen molar-refractivity contribution in [3.63, 3.8) is 0 Å². The van der Waals surface area contributed by atoms with E-state index in [1.165, 1.54) is 6.07 Å². The molecular weight excluding hydrogens is 461 g/mol. The van der Waals surface area contributed by atoms with E-state index >= 15 is 0 Å². The van der Waals surface area contributed by atoms with Crippen molar-refractivity contribution in [2.75, 3.05) is 31.1 Å². The first-order valence-electron chi connectivity index (χ1n) is 11.5. The highest BCUT2D eigenvalue weighted by Gasteiger charge is 2.32. The number of H-pyrrole nitrogens is 1. The molecular formula is C24H29F3N6O2. The van der Waals surface area contributed by atoms with Crippen LogP contribution in [0.2, 0.25) is 0 Å². The number of aliphatic hydroxyl groups excluding tert-OH is 1. The second-order valence-corrected chi connectivity index (χ2v) is 9.04. The number of aliphatic hydroxyl groups is 1. The van der Waals surface area contributed by atoms with Gasteiger partial charge in [-0.05, 0) is 44.1 Å². The number of aromatic nitrogens is 3. The van der Waals surface area contributed by atoms with Crippen molar-refractivity contribution in [2.45, 2.75) is 45.1 Å². The van der Waals surface area contributed by atoms with E-state index in [9.17, 15) is 18.0 Å². The molecule has 1 aliphatic heterocycles. The normalized spacial score (nSPS) is 19.9. The molecule has 4 rings (SSSR count). The smallest absolute Gasteiger partial charge is 0.394 e. The van der Waals surface area contributed by atoms with Gasteiger partial charge in [0, 0.05) is 55.6 Å². The van der Waals surface area contributed by atoms with E-state index < -0.39 is 11.7 Å². The summed E-state index contributed by atoms with van der Waals surface area (Å²) < 4.78 is 38.5. The van der Waals surface area contributed by atoms with Crippen molar-refractivity contribution in [3.8, 4) is 0 Å². The fraction of sp³-hybridized carbons (Fsp3) is 0.458. The molecule has 2 aromatic rings. The third-order valence-electron chi connectivity index (χ3n) is 6.30. The lowest BCUT2D eigenvalue weighted by molar-refractivity contribution is -0.137. The van der Waals surface area contributed by atoms with Gasteiger partial charge in [-0.15, -0.1) is 0 Å². The molecule has 3 N–H and O–H groups in total. The molecule has 11 heteroatoms. The number of carbonyl (C=O) groups is 1. The molecule has 0 spiro atoms. The Hall–Kier alpha value is -3.18. The van der Waals surface area contributed by atoms with Gasteiger partial charge in [0.15, 0.2) is 0 Å². The number of nitrogens with one attached hydrogen (secondary N) is 2. The Kier molecular flexibility index (Phi) is 7.27. The lowest BCUT2D eigenvalue weighted by Gasteiger charge is -2.40. The zero-order valence-electron chi connectivity index (χ0n) is 19.6. The number of hydrogen-bond acceptors (Lipinski definition) is 6. The van der Waals surface area contributed by atoms with Crippen LogP contribution in [0.5, 0.6) is 0 Å². The van der Waals surface area contributed by atoms with Crippen molar-refractivity contribution in [2.24, 2.45) is 0 Å². The Morgan fingerprint density at radius 1 is 1.31 bits per heavy atom. The number of allylic oxidation sites excluding steroid dienone is 2. The molecule has 2 atom stereocenters. The van der Waals surface area contributed by atoms with E-state index in [4.69, 9.17) is 5.11 Å². The second-order valence-electron chi connectivity index (χ2n) is 9.04. The summed E-state index contributed by atoms with van der Waals surface area (Å²) >= 11 is 0. The molecule has 0 radical (unpaired) electrons. The third-order valence-corrected chi connectivity index (χ3v) is 6.30. The fourth-order valence-corrected chi connectivity index (χ4v) is 4.40. The fourth-order valence-electron chi connectivity index (χ4n) is 4.40. The second kappa shape index (κ2) is 10.2. The van der Waals surface area contributed by atoms with Crippen LogP contribution in [-0.2, 0) is 17.5 Å². The molecule has 2 aromatic heterocycles. The molecule has 2 aliphatic rings. The van der Waals surface area contributed by atoms with Gasteiger partial charge in [-0.3, -0.25) is 14.8 Å². The minimum Gasteiger partial charge on any atom is -0.394 e. The molecule has 188 valence electrons. The first kappa shape index (κ1) is 24.9. The molecule has 0 saturated carbocycles. The van der Waals surface area contributed by atoms with E-state index in [-0.39, 0.29) is 24.6 Å². The van der Waals surface area contributed by atoms with Crippen LogP contribution in [0.25, 0.3) is 5.57 Å². The van der Waals surface area contributed by atoms with Crippen LogP contribution in [-0.4, -0.2) is 69.4 Å². The highest BCUT2D eigenvalue weighted by Crippen LogP contribution is 2.31.